The van der Waals surface area contributed by atoms with Gasteiger partial charge in [-0.2, -0.15) is 0 Å². The van der Waals surface area contributed by atoms with E-state index in [-0.39, 0.29) is 38.6 Å². The highest BCUT2D eigenvalue weighted by Gasteiger charge is 2.26. The van der Waals surface area contributed by atoms with Crippen molar-refractivity contribution in [3.05, 3.63) is 0 Å². The zero-order chi connectivity index (χ0) is 38.9. The van der Waals surface area contributed by atoms with E-state index in [0.717, 1.165) is 32.1 Å². The molecule has 0 aliphatic heterocycles. The van der Waals surface area contributed by atoms with Crippen LogP contribution < -0.4 is 5.73 Å². The summed E-state index contributed by atoms with van der Waals surface area (Å²) in [6.07, 6.45) is 39.8. The molecule has 0 aromatic rings. The van der Waals surface area contributed by atoms with Gasteiger partial charge in [0, 0.05) is 19.4 Å². The maximum absolute atomic E-state index is 12.6. The lowest BCUT2D eigenvalue weighted by atomic mass is 10.0. The van der Waals surface area contributed by atoms with Crippen molar-refractivity contribution in [1.29, 1.82) is 0 Å². The smallest absolute Gasteiger partial charge is 0.462 e. The minimum atomic E-state index is -4.37. The van der Waals surface area contributed by atoms with E-state index in [9.17, 15) is 19.0 Å². The van der Waals surface area contributed by atoms with Gasteiger partial charge in [-0.25, -0.2) is 4.57 Å². The first-order valence-electron chi connectivity index (χ1n) is 22.5. The number of phosphoric acid groups is 1. The van der Waals surface area contributed by atoms with Gasteiger partial charge in [0.2, 0.25) is 0 Å². The summed E-state index contributed by atoms with van der Waals surface area (Å²) in [6.45, 7) is 3.78. The Kier molecular flexibility index (Phi) is 39.9. The molecule has 10 heteroatoms. The van der Waals surface area contributed by atoms with E-state index in [0.29, 0.717) is 6.42 Å². The quantitative estimate of drug-likeness (QED) is 0.0352. The van der Waals surface area contributed by atoms with Crippen molar-refractivity contribution in [2.75, 3.05) is 26.4 Å². The van der Waals surface area contributed by atoms with Crippen LogP contribution in [-0.2, 0) is 32.7 Å². The van der Waals surface area contributed by atoms with Crippen LogP contribution in [0.25, 0.3) is 0 Å². The molecule has 0 saturated carbocycles. The highest BCUT2D eigenvalue weighted by Crippen LogP contribution is 2.43. The van der Waals surface area contributed by atoms with Gasteiger partial charge in [0.15, 0.2) is 6.10 Å². The van der Waals surface area contributed by atoms with Crippen LogP contribution in [0, 0.1) is 0 Å². The minimum absolute atomic E-state index is 0.0581. The topological polar surface area (TPSA) is 134 Å². The summed E-state index contributed by atoms with van der Waals surface area (Å²) in [5, 5.41) is 0. The van der Waals surface area contributed by atoms with Crippen LogP contribution >= 0.6 is 7.82 Å². The number of phosphoric ester groups is 1. The zero-order valence-electron chi connectivity index (χ0n) is 34.8. The molecule has 3 N–H and O–H groups in total. The van der Waals surface area contributed by atoms with Crippen LogP contribution in [-0.4, -0.2) is 49.3 Å². The van der Waals surface area contributed by atoms with E-state index >= 15 is 0 Å². The third-order valence-electron chi connectivity index (χ3n) is 9.99. The SMILES string of the molecule is CCCCCCCCCCCCCCCCCCCC(=O)OC(COC(=O)CCCCCCCCCCCCCCCCC)COP(=O)(O)OCCN. The fraction of sp³-hybridized carbons (Fsp3) is 0.953. The molecular weight excluding hydrogens is 689 g/mol. The molecule has 0 saturated heterocycles. The predicted molar refractivity (Wildman–Crippen MR) is 220 cm³/mol. The number of hydrogen-bond acceptors (Lipinski definition) is 8. The number of ether oxygens (including phenoxy) is 2. The molecule has 0 aromatic carbocycles. The molecule has 0 aliphatic carbocycles. The molecule has 53 heavy (non-hydrogen) atoms. The van der Waals surface area contributed by atoms with Gasteiger partial charge in [0.1, 0.15) is 6.61 Å². The molecule has 0 rings (SSSR count). The van der Waals surface area contributed by atoms with Gasteiger partial charge in [-0.05, 0) is 12.8 Å². The van der Waals surface area contributed by atoms with Crippen LogP contribution in [0.3, 0.4) is 0 Å². The number of esters is 2. The first-order valence-corrected chi connectivity index (χ1v) is 24.0. The molecule has 0 aromatic heterocycles. The summed E-state index contributed by atoms with van der Waals surface area (Å²) >= 11 is 0. The summed E-state index contributed by atoms with van der Waals surface area (Å²) in [7, 11) is -4.37. The fourth-order valence-corrected chi connectivity index (χ4v) is 7.40. The second-order valence-corrected chi connectivity index (χ2v) is 16.7. The van der Waals surface area contributed by atoms with Crippen molar-refractivity contribution >= 4 is 19.8 Å². The third kappa shape index (κ3) is 40.5. The maximum Gasteiger partial charge on any atom is 0.472 e. The van der Waals surface area contributed by atoms with Gasteiger partial charge in [-0.1, -0.05) is 206 Å². The van der Waals surface area contributed by atoms with Crippen molar-refractivity contribution in [3.8, 4) is 0 Å². The Morgan fingerprint density at radius 3 is 1.15 bits per heavy atom. The van der Waals surface area contributed by atoms with Crippen LogP contribution in [0.1, 0.15) is 232 Å². The molecule has 0 aliphatic rings. The molecular formula is C43H86NO8P. The number of unbranched alkanes of at least 4 members (excludes halogenated alkanes) is 30. The Morgan fingerprint density at radius 2 is 0.811 bits per heavy atom. The molecule has 316 valence electrons. The Labute approximate surface area is 327 Å². The Balaban J connectivity index is 4.08. The van der Waals surface area contributed by atoms with E-state index in [1.807, 2.05) is 0 Å². The van der Waals surface area contributed by atoms with Crippen LogP contribution in [0.2, 0.25) is 0 Å². The molecule has 0 bridgehead atoms. The lowest BCUT2D eigenvalue weighted by Gasteiger charge is -2.19. The minimum Gasteiger partial charge on any atom is -0.462 e. The molecule has 0 fully saturated rings. The van der Waals surface area contributed by atoms with Gasteiger partial charge in [0.25, 0.3) is 0 Å². The van der Waals surface area contributed by atoms with E-state index in [1.165, 1.54) is 167 Å². The molecule has 0 spiro atoms. The highest BCUT2D eigenvalue weighted by atomic mass is 31.2. The Hall–Kier alpha value is -0.990. The molecule has 2 unspecified atom stereocenters. The summed E-state index contributed by atoms with van der Waals surface area (Å²) in [5.74, 6) is -0.811. The summed E-state index contributed by atoms with van der Waals surface area (Å²) in [4.78, 5) is 34.9. The van der Waals surface area contributed by atoms with E-state index in [1.54, 1.807) is 0 Å². The van der Waals surface area contributed by atoms with Crippen LogP contribution in [0.15, 0.2) is 0 Å². The van der Waals surface area contributed by atoms with Crippen molar-refractivity contribution in [2.24, 2.45) is 5.73 Å². The predicted octanol–water partition coefficient (Wildman–Crippen LogP) is 12.8. The van der Waals surface area contributed by atoms with Gasteiger partial charge >= 0.3 is 19.8 Å². The maximum atomic E-state index is 12.6. The normalized spacial score (nSPS) is 13.2. The highest BCUT2D eigenvalue weighted by molar-refractivity contribution is 7.47. The number of nitrogens with two attached hydrogens (primary N) is 1. The van der Waals surface area contributed by atoms with Crippen LogP contribution in [0.5, 0.6) is 0 Å². The van der Waals surface area contributed by atoms with Gasteiger partial charge in [-0.15, -0.1) is 0 Å². The first kappa shape index (κ1) is 52.0. The first-order chi connectivity index (χ1) is 25.8. The fourth-order valence-electron chi connectivity index (χ4n) is 6.64. The summed E-state index contributed by atoms with van der Waals surface area (Å²) < 4.78 is 32.8. The van der Waals surface area contributed by atoms with Crippen molar-refractivity contribution in [3.63, 3.8) is 0 Å². The molecule has 0 amide bonds. The average molecular weight is 776 g/mol. The van der Waals surface area contributed by atoms with Crippen molar-refractivity contribution in [1.82, 2.24) is 0 Å². The lowest BCUT2D eigenvalue weighted by molar-refractivity contribution is -0.161. The zero-order valence-corrected chi connectivity index (χ0v) is 35.7. The molecule has 2 atom stereocenters. The van der Waals surface area contributed by atoms with E-state index < -0.39 is 26.5 Å². The van der Waals surface area contributed by atoms with Crippen molar-refractivity contribution < 1.29 is 37.6 Å². The Morgan fingerprint density at radius 1 is 0.491 bits per heavy atom. The van der Waals surface area contributed by atoms with Gasteiger partial charge in [-0.3, -0.25) is 18.6 Å². The largest absolute Gasteiger partial charge is 0.472 e. The van der Waals surface area contributed by atoms with E-state index in [2.05, 4.69) is 13.8 Å². The molecule has 0 heterocycles. The number of carbonyl (C=O) groups is 2. The monoisotopic (exact) mass is 776 g/mol. The summed E-state index contributed by atoms with van der Waals surface area (Å²) in [6, 6.07) is 0. The second kappa shape index (κ2) is 40.7. The summed E-state index contributed by atoms with van der Waals surface area (Å²) in [5.41, 5.74) is 5.35. The van der Waals surface area contributed by atoms with Crippen molar-refractivity contribution in [2.45, 2.75) is 238 Å². The lowest BCUT2D eigenvalue weighted by Crippen LogP contribution is -2.29. The molecule has 9 nitrogen and oxygen atoms in total. The standard InChI is InChI=1S/C43H86NO8P/c1-3-5-7-9-11-13-15-17-19-20-22-24-26-28-30-32-34-36-43(46)52-41(40-51-53(47,48)50-38-37-44)39-49-42(45)35-33-31-29-27-25-23-21-18-16-14-12-10-8-6-4-2/h41H,3-40,44H2,1-2H3,(H,47,48). The van der Waals surface area contributed by atoms with E-state index in [4.69, 9.17) is 24.3 Å². The van der Waals surface area contributed by atoms with Crippen LogP contribution in [0.4, 0.5) is 0 Å². The average Bonchev–Trinajstić information content (AvgIpc) is 3.14. The number of carbonyl (C=O) groups excluding carboxylic acids is 2. The van der Waals surface area contributed by atoms with Gasteiger partial charge in [0.05, 0.1) is 13.2 Å². The second-order valence-electron chi connectivity index (χ2n) is 15.3. The molecule has 0 radical (unpaired) electrons. The number of hydrogen-bond donors (Lipinski definition) is 2. The number of rotatable bonds is 43. The third-order valence-corrected chi connectivity index (χ3v) is 11.0. The van der Waals surface area contributed by atoms with Gasteiger partial charge < -0.3 is 20.1 Å². The Bertz CT molecular complexity index is 845.